The lowest BCUT2D eigenvalue weighted by molar-refractivity contribution is -0.129. The van der Waals surface area contributed by atoms with Crippen LogP contribution in [-0.2, 0) is 11.2 Å². The Balaban J connectivity index is 1.90. The maximum absolute atomic E-state index is 12.0. The van der Waals surface area contributed by atoms with E-state index in [2.05, 4.69) is 27.5 Å². The molecule has 0 aromatic carbocycles. The SMILES string of the molecule is CCc1cc(NCC(=O)N2CCNCC2)nc(C)n1. The Bertz CT molecular complexity index is 443. The van der Waals surface area contributed by atoms with Crippen LogP contribution in [0.1, 0.15) is 18.4 Å². The first-order valence-corrected chi connectivity index (χ1v) is 6.76. The van der Waals surface area contributed by atoms with Gasteiger partial charge in [0.1, 0.15) is 11.6 Å². The number of amides is 1. The normalized spacial score (nSPS) is 15.4. The quantitative estimate of drug-likeness (QED) is 0.811. The molecule has 6 nitrogen and oxygen atoms in total. The van der Waals surface area contributed by atoms with Crippen LogP contribution in [0.5, 0.6) is 0 Å². The van der Waals surface area contributed by atoms with E-state index in [0.29, 0.717) is 6.54 Å². The topological polar surface area (TPSA) is 70.2 Å². The summed E-state index contributed by atoms with van der Waals surface area (Å²) >= 11 is 0. The van der Waals surface area contributed by atoms with Gasteiger partial charge in [-0.2, -0.15) is 0 Å². The van der Waals surface area contributed by atoms with Crippen molar-refractivity contribution in [3.8, 4) is 0 Å². The van der Waals surface area contributed by atoms with Gasteiger partial charge in [0.05, 0.1) is 6.54 Å². The summed E-state index contributed by atoms with van der Waals surface area (Å²) in [5.41, 5.74) is 0.990. The zero-order valence-corrected chi connectivity index (χ0v) is 11.6. The fourth-order valence-corrected chi connectivity index (χ4v) is 2.09. The predicted octanol–water partition coefficient (Wildman–Crippen LogP) is 0.191. The smallest absolute Gasteiger partial charge is 0.242 e. The highest BCUT2D eigenvalue weighted by Crippen LogP contribution is 2.07. The second-order valence-electron chi connectivity index (χ2n) is 4.63. The molecule has 1 aliphatic rings. The second kappa shape index (κ2) is 6.47. The van der Waals surface area contributed by atoms with Crippen molar-refractivity contribution in [3.05, 3.63) is 17.6 Å². The molecule has 0 unspecified atom stereocenters. The molecule has 1 aromatic heterocycles. The van der Waals surface area contributed by atoms with Crippen LogP contribution < -0.4 is 10.6 Å². The number of carbonyl (C=O) groups is 1. The largest absolute Gasteiger partial charge is 0.361 e. The van der Waals surface area contributed by atoms with E-state index in [1.165, 1.54) is 0 Å². The molecule has 2 N–H and O–H groups in total. The van der Waals surface area contributed by atoms with E-state index in [4.69, 9.17) is 0 Å². The number of anilines is 1. The molecule has 2 rings (SSSR count). The highest BCUT2D eigenvalue weighted by molar-refractivity contribution is 5.80. The number of hydrogen-bond donors (Lipinski definition) is 2. The van der Waals surface area contributed by atoms with Crippen molar-refractivity contribution in [2.45, 2.75) is 20.3 Å². The number of hydrogen-bond acceptors (Lipinski definition) is 5. The maximum Gasteiger partial charge on any atom is 0.242 e. The monoisotopic (exact) mass is 263 g/mol. The lowest BCUT2D eigenvalue weighted by Gasteiger charge is -2.27. The third-order valence-corrected chi connectivity index (χ3v) is 3.14. The highest BCUT2D eigenvalue weighted by Gasteiger charge is 2.15. The van der Waals surface area contributed by atoms with E-state index in [1.807, 2.05) is 17.9 Å². The van der Waals surface area contributed by atoms with E-state index in [1.54, 1.807) is 0 Å². The molecule has 0 spiro atoms. The maximum atomic E-state index is 12.0. The molecule has 1 aliphatic heterocycles. The third kappa shape index (κ3) is 3.89. The van der Waals surface area contributed by atoms with Crippen molar-refractivity contribution in [2.24, 2.45) is 0 Å². The number of nitrogens with zero attached hydrogens (tertiary/aromatic N) is 3. The van der Waals surface area contributed by atoms with Gasteiger partial charge in [-0.1, -0.05) is 6.92 Å². The molecule has 0 bridgehead atoms. The lowest BCUT2D eigenvalue weighted by atomic mass is 10.3. The number of aromatic nitrogens is 2. The molecule has 0 atom stereocenters. The van der Waals surface area contributed by atoms with Crippen molar-refractivity contribution < 1.29 is 4.79 Å². The zero-order chi connectivity index (χ0) is 13.7. The number of carbonyl (C=O) groups excluding carboxylic acids is 1. The molecule has 1 fully saturated rings. The van der Waals surface area contributed by atoms with Gasteiger partial charge in [0.15, 0.2) is 0 Å². The standard InChI is InChI=1S/C13H21N5O/c1-3-11-8-12(17-10(2)16-11)15-9-13(19)18-6-4-14-5-7-18/h8,14H,3-7,9H2,1-2H3,(H,15,16,17). The average Bonchev–Trinajstić information content (AvgIpc) is 2.45. The van der Waals surface area contributed by atoms with Crippen LogP contribution in [0.2, 0.25) is 0 Å². The number of piperazine rings is 1. The number of rotatable bonds is 4. The second-order valence-corrected chi connectivity index (χ2v) is 4.63. The van der Waals surface area contributed by atoms with Crippen LogP contribution in [0.15, 0.2) is 6.07 Å². The first-order chi connectivity index (χ1) is 9.19. The number of aryl methyl sites for hydroxylation is 2. The Morgan fingerprint density at radius 2 is 2.16 bits per heavy atom. The summed E-state index contributed by atoms with van der Waals surface area (Å²) in [5.74, 6) is 1.58. The molecule has 1 amide bonds. The van der Waals surface area contributed by atoms with Crippen molar-refractivity contribution >= 4 is 11.7 Å². The van der Waals surface area contributed by atoms with Crippen LogP contribution in [-0.4, -0.2) is 53.5 Å². The molecule has 2 heterocycles. The molecule has 0 saturated carbocycles. The minimum Gasteiger partial charge on any atom is -0.361 e. The first kappa shape index (κ1) is 13.7. The van der Waals surface area contributed by atoms with Gasteiger partial charge in [-0.05, 0) is 13.3 Å². The molecule has 0 radical (unpaired) electrons. The van der Waals surface area contributed by atoms with Crippen LogP contribution in [0, 0.1) is 6.92 Å². The molecule has 19 heavy (non-hydrogen) atoms. The van der Waals surface area contributed by atoms with Crippen LogP contribution in [0.25, 0.3) is 0 Å². The average molecular weight is 263 g/mol. The molecule has 0 aliphatic carbocycles. The summed E-state index contributed by atoms with van der Waals surface area (Å²) in [7, 11) is 0. The Morgan fingerprint density at radius 1 is 1.42 bits per heavy atom. The molecular weight excluding hydrogens is 242 g/mol. The van der Waals surface area contributed by atoms with E-state index in [-0.39, 0.29) is 5.91 Å². The predicted molar refractivity (Wildman–Crippen MR) is 74.1 cm³/mol. The van der Waals surface area contributed by atoms with Gasteiger partial charge in [-0.25, -0.2) is 9.97 Å². The van der Waals surface area contributed by atoms with Gasteiger partial charge in [-0.3, -0.25) is 4.79 Å². The summed E-state index contributed by atoms with van der Waals surface area (Å²) in [6.07, 6.45) is 0.865. The summed E-state index contributed by atoms with van der Waals surface area (Å²) in [6.45, 7) is 7.52. The summed E-state index contributed by atoms with van der Waals surface area (Å²) in [5, 5.41) is 6.33. The molecule has 104 valence electrons. The van der Waals surface area contributed by atoms with Crippen LogP contribution in [0.3, 0.4) is 0 Å². The molecule has 1 saturated heterocycles. The van der Waals surface area contributed by atoms with Crippen molar-refractivity contribution in [1.29, 1.82) is 0 Å². The van der Waals surface area contributed by atoms with Gasteiger partial charge in [0.2, 0.25) is 5.91 Å². The van der Waals surface area contributed by atoms with Crippen LogP contribution >= 0.6 is 0 Å². The summed E-state index contributed by atoms with van der Waals surface area (Å²) in [6, 6.07) is 1.90. The number of nitrogens with one attached hydrogen (secondary N) is 2. The van der Waals surface area contributed by atoms with E-state index in [9.17, 15) is 4.79 Å². The van der Waals surface area contributed by atoms with Crippen LogP contribution in [0.4, 0.5) is 5.82 Å². The van der Waals surface area contributed by atoms with Gasteiger partial charge in [0.25, 0.3) is 0 Å². The van der Waals surface area contributed by atoms with E-state index in [0.717, 1.165) is 49.9 Å². The Hall–Kier alpha value is -1.69. The molecule has 6 heteroatoms. The Kier molecular flexibility index (Phi) is 4.68. The summed E-state index contributed by atoms with van der Waals surface area (Å²) < 4.78 is 0. The fourth-order valence-electron chi connectivity index (χ4n) is 2.09. The van der Waals surface area contributed by atoms with Gasteiger partial charge >= 0.3 is 0 Å². The van der Waals surface area contributed by atoms with E-state index >= 15 is 0 Å². The van der Waals surface area contributed by atoms with Gasteiger partial charge in [0, 0.05) is 37.9 Å². The molecular formula is C13H21N5O. The van der Waals surface area contributed by atoms with Gasteiger partial charge < -0.3 is 15.5 Å². The highest BCUT2D eigenvalue weighted by atomic mass is 16.2. The van der Waals surface area contributed by atoms with Crippen molar-refractivity contribution in [3.63, 3.8) is 0 Å². The van der Waals surface area contributed by atoms with Crippen molar-refractivity contribution in [1.82, 2.24) is 20.2 Å². The lowest BCUT2D eigenvalue weighted by Crippen LogP contribution is -2.48. The third-order valence-electron chi connectivity index (χ3n) is 3.14. The minimum absolute atomic E-state index is 0.121. The fraction of sp³-hybridized carbons (Fsp3) is 0.615. The van der Waals surface area contributed by atoms with E-state index < -0.39 is 0 Å². The van der Waals surface area contributed by atoms with Crippen molar-refractivity contribution in [2.75, 3.05) is 38.0 Å². The first-order valence-electron chi connectivity index (χ1n) is 6.76. The Labute approximate surface area is 113 Å². The zero-order valence-electron chi connectivity index (χ0n) is 11.6. The Morgan fingerprint density at radius 3 is 2.84 bits per heavy atom. The molecule has 1 aromatic rings. The minimum atomic E-state index is 0.121. The summed E-state index contributed by atoms with van der Waals surface area (Å²) in [4.78, 5) is 22.5. The van der Waals surface area contributed by atoms with Gasteiger partial charge in [-0.15, -0.1) is 0 Å².